The Balaban J connectivity index is 1.77. The van der Waals surface area contributed by atoms with Gasteiger partial charge in [0.05, 0.1) is 24.4 Å². The normalized spacial score (nSPS) is 14.8. The minimum absolute atomic E-state index is 0.475. The molecule has 0 saturated heterocycles. The molecule has 0 unspecified atom stereocenters. The zero-order chi connectivity index (χ0) is 17.6. The summed E-state index contributed by atoms with van der Waals surface area (Å²) in [4.78, 5) is 8.96. The topological polar surface area (TPSA) is 68.3 Å². The van der Waals surface area contributed by atoms with Crippen molar-refractivity contribution in [3.8, 4) is 11.5 Å². The summed E-state index contributed by atoms with van der Waals surface area (Å²) in [6.07, 6.45) is 8.00. The summed E-state index contributed by atoms with van der Waals surface area (Å²) in [7, 11) is 3.25. The van der Waals surface area contributed by atoms with Crippen LogP contribution in [0.5, 0.6) is 11.5 Å². The van der Waals surface area contributed by atoms with Crippen molar-refractivity contribution in [3.05, 3.63) is 28.9 Å². The summed E-state index contributed by atoms with van der Waals surface area (Å²) in [5.74, 6) is 2.74. The zero-order valence-electron chi connectivity index (χ0n) is 14.5. The second-order valence-corrected chi connectivity index (χ2v) is 6.91. The van der Waals surface area contributed by atoms with Crippen LogP contribution in [0.15, 0.2) is 28.9 Å². The number of anilines is 3. The van der Waals surface area contributed by atoms with Crippen molar-refractivity contribution in [2.45, 2.75) is 38.1 Å². The number of benzene rings is 1. The summed E-state index contributed by atoms with van der Waals surface area (Å²) in [5, 5.41) is 6.75. The highest BCUT2D eigenvalue weighted by Gasteiger charge is 2.16. The number of halogens is 1. The lowest BCUT2D eigenvalue weighted by Crippen LogP contribution is -2.23. The predicted molar refractivity (Wildman–Crippen MR) is 103 cm³/mol. The van der Waals surface area contributed by atoms with Crippen LogP contribution in [-0.4, -0.2) is 30.2 Å². The number of hydrogen-bond donors (Lipinski definition) is 2. The standard InChI is InChI=1S/C18H23BrN4O2/c1-24-13-8-9-15(16(10-13)25-2)22-18-20-11-14(19)17(23-18)21-12-6-4-3-5-7-12/h8-12H,3-7H2,1-2H3,(H2,20,21,22,23). The molecule has 1 saturated carbocycles. The van der Waals surface area contributed by atoms with Crippen LogP contribution < -0.4 is 20.1 Å². The summed E-state index contributed by atoms with van der Waals surface area (Å²) in [5.41, 5.74) is 0.786. The number of aromatic nitrogens is 2. The van der Waals surface area contributed by atoms with E-state index in [1.807, 2.05) is 18.2 Å². The van der Waals surface area contributed by atoms with Gasteiger partial charge in [0.1, 0.15) is 17.3 Å². The Morgan fingerprint density at radius 1 is 1.12 bits per heavy atom. The maximum Gasteiger partial charge on any atom is 0.229 e. The van der Waals surface area contributed by atoms with Gasteiger partial charge in [0.15, 0.2) is 0 Å². The molecule has 0 atom stereocenters. The Labute approximate surface area is 156 Å². The number of ether oxygens (including phenoxy) is 2. The molecule has 1 aliphatic carbocycles. The molecule has 0 spiro atoms. The summed E-state index contributed by atoms with van der Waals surface area (Å²) in [6.45, 7) is 0. The summed E-state index contributed by atoms with van der Waals surface area (Å²) in [6, 6.07) is 6.05. The van der Waals surface area contributed by atoms with E-state index in [4.69, 9.17) is 9.47 Å². The van der Waals surface area contributed by atoms with E-state index in [2.05, 4.69) is 36.5 Å². The molecule has 134 valence electrons. The van der Waals surface area contributed by atoms with Gasteiger partial charge in [-0.3, -0.25) is 0 Å². The van der Waals surface area contributed by atoms with E-state index in [0.717, 1.165) is 21.7 Å². The van der Waals surface area contributed by atoms with Gasteiger partial charge in [-0.2, -0.15) is 4.98 Å². The van der Waals surface area contributed by atoms with Crippen LogP contribution in [0.25, 0.3) is 0 Å². The quantitative estimate of drug-likeness (QED) is 0.721. The highest BCUT2D eigenvalue weighted by atomic mass is 79.9. The SMILES string of the molecule is COc1ccc(Nc2ncc(Br)c(NC3CCCCC3)n2)c(OC)c1. The maximum absolute atomic E-state index is 5.41. The highest BCUT2D eigenvalue weighted by molar-refractivity contribution is 9.10. The van der Waals surface area contributed by atoms with Crippen LogP contribution in [0.1, 0.15) is 32.1 Å². The number of nitrogens with zero attached hydrogens (tertiary/aromatic N) is 2. The van der Waals surface area contributed by atoms with E-state index >= 15 is 0 Å². The molecule has 0 bridgehead atoms. The molecular formula is C18H23BrN4O2. The number of nitrogens with one attached hydrogen (secondary N) is 2. The smallest absolute Gasteiger partial charge is 0.229 e. The van der Waals surface area contributed by atoms with E-state index < -0.39 is 0 Å². The molecule has 1 aliphatic rings. The third kappa shape index (κ3) is 4.54. The number of hydrogen-bond acceptors (Lipinski definition) is 6. The fourth-order valence-corrected chi connectivity index (χ4v) is 3.30. The molecule has 7 heteroatoms. The van der Waals surface area contributed by atoms with E-state index in [1.165, 1.54) is 32.1 Å². The molecule has 0 amide bonds. The van der Waals surface area contributed by atoms with Gasteiger partial charge in [0, 0.05) is 18.3 Å². The molecule has 1 aromatic heterocycles. The molecule has 1 heterocycles. The Bertz CT molecular complexity index is 720. The van der Waals surface area contributed by atoms with Gasteiger partial charge in [-0.1, -0.05) is 19.3 Å². The Morgan fingerprint density at radius 3 is 2.64 bits per heavy atom. The first-order valence-electron chi connectivity index (χ1n) is 8.47. The number of rotatable bonds is 6. The van der Waals surface area contributed by atoms with E-state index in [1.54, 1.807) is 20.4 Å². The van der Waals surface area contributed by atoms with Gasteiger partial charge in [0.25, 0.3) is 0 Å². The third-order valence-corrected chi connectivity index (χ3v) is 4.93. The fraction of sp³-hybridized carbons (Fsp3) is 0.444. The lowest BCUT2D eigenvalue weighted by atomic mass is 9.95. The van der Waals surface area contributed by atoms with E-state index in [-0.39, 0.29) is 0 Å². The predicted octanol–water partition coefficient (Wildman–Crippen LogP) is 4.74. The molecule has 0 radical (unpaired) electrons. The molecule has 0 aliphatic heterocycles. The average Bonchev–Trinajstić information content (AvgIpc) is 2.65. The first-order chi connectivity index (χ1) is 12.2. The van der Waals surface area contributed by atoms with E-state index in [0.29, 0.717) is 17.7 Å². The summed E-state index contributed by atoms with van der Waals surface area (Å²) < 4.78 is 11.5. The Hall–Kier alpha value is -2.02. The van der Waals surface area contributed by atoms with Crippen molar-refractivity contribution in [1.29, 1.82) is 0 Å². The Kier molecular flexibility index (Phi) is 5.96. The van der Waals surface area contributed by atoms with Crippen molar-refractivity contribution in [2.24, 2.45) is 0 Å². The van der Waals surface area contributed by atoms with Crippen molar-refractivity contribution in [1.82, 2.24) is 9.97 Å². The fourth-order valence-electron chi connectivity index (χ4n) is 2.99. The zero-order valence-corrected chi connectivity index (χ0v) is 16.1. The number of methoxy groups -OCH3 is 2. The molecular weight excluding hydrogens is 384 g/mol. The van der Waals surface area contributed by atoms with Gasteiger partial charge in [-0.15, -0.1) is 0 Å². The maximum atomic E-state index is 5.41. The van der Waals surface area contributed by atoms with Crippen molar-refractivity contribution < 1.29 is 9.47 Å². The first kappa shape index (κ1) is 17.8. The van der Waals surface area contributed by atoms with Crippen molar-refractivity contribution in [2.75, 3.05) is 24.9 Å². The first-order valence-corrected chi connectivity index (χ1v) is 9.27. The van der Waals surface area contributed by atoms with Crippen molar-refractivity contribution in [3.63, 3.8) is 0 Å². The second kappa shape index (κ2) is 8.38. The lowest BCUT2D eigenvalue weighted by molar-refractivity contribution is 0.395. The van der Waals surface area contributed by atoms with Crippen LogP contribution in [0.3, 0.4) is 0 Å². The van der Waals surface area contributed by atoms with E-state index in [9.17, 15) is 0 Å². The Morgan fingerprint density at radius 2 is 1.92 bits per heavy atom. The van der Waals surface area contributed by atoms with Crippen LogP contribution in [-0.2, 0) is 0 Å². The minimum Gasteiger partial charge on any atom is -0.497 e. The van der Waals surface area contributed by atoms with Crippen LogP contribution in [0.2, 0.25) is 0 Å². The molecule has 2 aromatic rings. The van der Waals surface area contributed by atoms with Gasteiger partial charge in [0.2, 0.25) is 5.95 Å². The monoisotopic (exact) mass is 406 g/mol. The summed E-state index contributed by atoms with van der Waals surface area (Å²) >= 11 is 3.53. The average molecular weight is 407 g/mol. The molecule has 6 nitrogen and oxygen atoms in total. The van der Waals surface area contributed by atoms with Gasteiger partial charge in [-0.05, 0) is 40.9 Å². The molecule has 1 fully saturated rings. The van der Waals surface area contributed by atoms with Crippen LogP contribution >= 0.6 is 15.9 Å². The lowest BCUT2D eigenvalue weighted by Gasteiger charge is -2.24. The molecule has 1 aromatic carbocycles. The highest BCUT2D eigenvalue weighted by Crippen LogP contribution is 2.32. The van der Waals surface area contributed by atoms with Crippen molar-refractivity contribution >= 4 is 33.4 Å². The molecule has 2 N–H and O–H groups in total. The van der Waals surface area contributed by atoms with Gasteiger partial charge >= 0.3 is 0 Å². The van der Waals surface area contributed by atoms with Gasteiger partial charge < -0.3 is 20.1 Å². The van der Waals surface area contributed by atoms with Crippen LogP contribution in [0, 0.1) is 0 Å². The second-order valence-electron chi connectivity index (χ2n) is 6.06. The van der Waals surface area contributed by atoms with Gasteiger partial charge in [-0.25, -0.2) is 4.98 Å². The largest absolute Gasteiger partial charge is 0.497 e. The molecule has 25 heavy (non-hydrogen) atoms. The third-order valence-electron chi connectivity index (χ3n) is 4.35. The minimum atomic E-state index is 0.475. The van der Waals surface area contributed by atoms with Crippen LogP contribution in [0.4, 0.5) is 17.5 Å². The molecule has 3 rings (SSSR count).